The highest BCUT2D eigenvalue weighted by atomic mass is 32.2. The smallest absolute Gasteiger partial charge is 0.321 e. The van der Waals surface area contributed by atoms with E-state index in [2.05, 4.69) is 68.3 Å². The Morgan fingerprint density at radius 1 is 0.779 bits per heavy atom. The molecule has 3 heterocycles. The number of aromatic nitrogens is 3. The Labute approximate surface area is 403 Å². The van der Waals surface area contributed by atoms with Crippen LogP contribution >= 0.6 is 11.8 Å². The van der Waals surface area contributed by atoms with Crippen molar-refractivity contribution >= 4 is 58.3 Å². The van der Waals surface area contributed by atoms with Crippen LogP contribution in [0.3, 0.4) is 0 Å². The number of hydrogen-bond acceptors (Lipinski definition) is 17. The number of thioether (sulfide) groups is 1. The van der Waals surface area contributed by atoms with Gasteiger partial charge in [0.1, 0.15) is 16.8 Å². The lowest BCUT2D eigenvalue weighted by atomic mass is 10.0. The van der Waals surface area contributed by atoms with Gasteiger partial charge in [0.15, 0.2) is 5.82 Å². The fourth-order valence-corrected chi connectivity index (χ4v) is 8.12. The monoisotopic (exact) mass is 976 g/mol. The second-order valence-corrected chi connectivity index (χ2v) is 17.5. The van der Waals surface area contributed by atoms with Crippen molar-refractivity contribution < 1.29 is 57.8 Å². The first-order chi connectivity index (χ1) is 32.9. The minimum atomic E-state index is -1.24. The number of ether oxygens (including phenoxy) is 6. The summed E-state index contributed by atoms with van der Waals surface area (Å²) < 4.78 is 35.2. The van der Waals surface area contributed by atoms with Crippen LogP contribution in [0.15, 0.2) is 30.5 Å². The number of unbranched alkanes of at least 4 members (excludes halogenated alkanes) is 2. The standard InChI is InChI=1S/C46H73N9O12S/c1-3-4-5-10-50-43-42-38(51-46(48)52-43)8-12-55(42)32-36-7-6-35(29-34(36)2)31-53-13-15-54(16-14-53)41(57)9-17-62-19-21-64-23-25-66-27-28-67-26-24-65-22-20-63-18-11-49-40(56)30-39(45(60)61)68-33-37(47)44(58)59/h6-8,12,29,37,39H,3-5,9-11,13-28,30-33,47H2,1-2H3,(H,49,56)(H,58,59)(H,60,61)(H3,48,50,51,52)/t37-,39-/m0/s1. The van der Waals surface area contributed by atoms with E-state index in [9.17, 15) is 24.3 Å². The summed E-state index contributed by atoms with van der Waals surface area (Å²) >= 11 is 0.814. The molecule has 21 nitrogen and oxygen atoms in total. The number of aliphatic carboxylic acids is 2. The average Bonchev–Trinajstić information content (AvgIpc) is 3.72. The van der Waals surface area contributed by atoms with Gasteiger partial charge in [0.2, 0.25) is 17.8 Å². The van der Waals surface area contributed by atoms with Crippen LogP contribution in [0.2, 0.25) is 0 Å². The number of fused-ring (bicyclic) bond motifs is 1. The maximum atomic E-state index is 12.9. The van der Waals surface area contributed by atoms with Crippen LogP contribution in [0.1, 0.15) is 55.7 Å². The fourth-order valence-electron chi connectivity index (χ4n) is 7.12. The minimum absolute atomic E-state index is 0.107. The SMILES string of the molecule is CCCCCNc1nc(N)nc2ccn(Cc3ccc(CN4CCN(C(=O)CCOCCOCCOCCOCCOCCOCCNC(=O)C[C@H](SC[C@H](N)C(=O)O)C(=O)O)CC4)cc3C)c12. The predicted octanol–water partition coefficient (Wildman–Crippen LogP) is 2.21. The maximum absolute atomic E-state index is 12.9. The summed E-state index contributed by atoms with van der Waals surface area (Å²) in [4.78, 5) is 60.3. The third-order valence-electron chi connectivity index (χ3n) is 10.9. The Balaban J connectivity index is 0.928. The highest BCUT2D eigenvalue weighted by molar-refractivity contribution is 8.00. The Bertz CT molecular complexity index is 1970. The molecule has 1 fully saturated rings. The first kappa shape index (κ1) is 55.9. The Kier molecular flexibility index (Phi) is 26.5. The van der Waals surface area contributed by atoms with Gasteiger partial charge in [0.05, 0.1) is 91.2 Å². The number of carbonyl (C=O) groups is 4. The van der Waals surface area contributed by atoms with E-state index in [4.69, 9.17) is 45.0 Å². The summed E-state index contributed by atoms with van der Waals surface area (Å²) in [5.41, 5.74) is 16.9. The maximum Gasteiger partial charge on any atom is 0.321 e. The second-order valence-electron chi connectivity index (χ2n) is 16.2. The molecule has 380 valence electrons. The summed E-state index contributed by atoms with van der Waals surface area (Å²) in [5, 5.41) is 23.0. The first-order valence-electron chi connectivity index (χ1n) is 23.5. The molecule has 2 amide bonds. The zero-order valence-electron chi connectivity index (χ0n) is 39.7. The summed E-state index contributed by atoms with van der Waals surface area (Å²) in [6, 6.07) is 7.47. The molecule has 68 heavy (non-hydrogen) atoms. The number of nitrogen functional groups attached to an aromatic ring is 1. The molecule has 2 aromatic heterocycles. The van der Waals surface area contributed by atoms with Crippen molar-refractivity contribution in [3.05, 3.63) is 47.2 Å². The van der Waals surface area contributed by atoms with Crippen LogP contribution < -0.4 is 22.1 Å². The molecule has 1 saturated heterocycles. The van der Waals surface area contributed by atoms with Crippen LogP contribution in [-0.2, 0) is 60.7 Å². The van der Waals surface area contributed by atoms with Gasteiger partial charge in [-0.05, 0) is 36.1 Å². The molecule has 0 radical (unpaired) electrons. The molecule has 22 heteroatoms. The molecular weight excluding hydrogens is 903 g/mol. The van der Waals surface area contributed by atoms with Crippen molar-refractivity contribution in [2.75, 3.05) is 135 Å². The molecule has 8 N–H and O–H groups in total. The quantitative estimate of drug-likeness (QED) is 0.0452. The molecule has 1 aliphatic heterocycles. The summed E-state index contributed by atoms with van der Waals surface area (Å²) in [6.45, 7) is 14.4. The van der Waals surface area contributed by atoms with Gasteiger partial charge in [-0.25, -0.2) is 4.98 Å². The number of carbonyl (C=O) groups excluding carboxylic acids is 2. The van der Waals surface area contributed by atoms with Gasteiger partial charge < -0.3 is 70.2 Å². The molecule has 4 rings (SSSR count). The van der Waals surface area contributed by atoms with Gasteiger partial charge in [-0.1, -0.05) is 38.0 Å². The number of nitrogens with zero attached hydrogens (tertiary/aromatic N) is 5. The van der Waals surface area contributed by atoms with Crippen molar-refractivity contribution in [3.8, 4) is 0 Å². The molecule has 0 saturated carbocycles. The first-order valence-corrected chi connectivity index (χ1v) is 24.5. The summed E-state index contributed by atoms with van der Waals surface area (Å²) in [5.74, 6) is -1.90. The van der Waals surface area contributed by atoms with Crippen LogP contribution in [0.4, 0.5) is 11.8 Å². The van der Waals surface area contributed by atoms with Crippen LogP contribution in [0, 0.1) is 6.92 Å². The Morgan fingerprint density at radius 3 is 1.99 bits per heavy atom. The van der Waals surface area contributed by atoms with E-state index in [-0.39, 0.29) is 37.2 Å². The number of piperazine rings is 1. The number of hydrogen-bond donors (Lipinski definition) is 6. The van der Waals surface area contributed by atoms with Gasteiger partial charge in [0.25, 0.3) is 0 Å². The number of nitrogens with one attached hydrogen (secondary N) is 2. The number of carboxylic acids is 2. The third-order valence-corrected chi connectivity index (χ3v) is 12.2. The third kappa shape index (κ3) is 21.3. The second kappa shape index (κ2) is 32.2. The Morgan fingerprint density at radius 2 is 1.40 bits per heavy atom. The van der Waals surface area contributed by atoms with Crippen molar-refractivity contribution in [1.29, 1.82) is 0 Å². The van der Waals surface area contributed by atoms with Gasteiger partial charge in [-0.2, -0.15) is 4.98 Å². The summed E-state index contributed by atoms with van der Waals surface area (Å²) in [7, 11) is 0. The van der Waals surface area contributed by atoms with Crippen LogP contribution in [0.25, 0.3) is 11.0 Å². The van der Waals surface area contributed by atoms with E-state index in [0.29, 0.717) is 98.7 Å². The molecule has 3 aromatic rings. The molecule has 1 aliphatic rings. The lowest BCUT2D eigenvalue weighted by molar-refractivity contribution is -0.139. The van der Waals surface area contributed by atoms with Crippen molar-refractivity contribution in [2.45, 2.75) is 70.3 Å². The van der Waals surface area contributed by atoms with E-state index < -0.39 is 29.1 Å². The lowest BCUT2D eigenvalue weighted by Crippen LogP contribution is -2.48. The van der Waals surface area contributed by atoms with E-state index in [0.717, 1.165) is 74.1 Å². The summed E-state index contributed by atoms with van der Waals surface area (Å²) in [6.07, 6.45) is 5.47. The van der Waals surface area contributed by atoms with Crippen LogP contribution in [0.5, 0.6) is 0 Å². The van der Waals surface area contributed by atoms with E-state index >= 15 is 0 Å². The normalized spacial score (nSPS) is 14.0. The van der Waals surface area contributed by atoms with Crippen LogP contribution in [-0.4, -0.2) is 194 Å². The fraction of sp³-hybridized carbons (Fsp3) is 0.652. The topological polar surface area (TPSA) is 277 Å². The zero-order valence-corrected chi connectivity index (χ0v) is 40.5. The lowest BCUT2D eigenvalue weighted by Gasteiger charge is -2.35. The molecule has 0 unspecified atom stereocenters. The van der Waals surface area contributed by atoms with Crippen molar-refractivity contribution in [1.82, 2.24) is 29.7 Å². The van der Waals surface area contributed by atoms with Gasteiger partial charge in [0, 0.05) is 70.7 Å². The number of carboxylic acid groups (broad SMARTS) is 2. The number of rotatable bonds is 37. The number of nitrogens with two attached hydrogens (primary N) is 2. The zero-order chi connectivity index (χ0) is 48.9. The average molecular weight is 976 g/mol. The number of aryl methyl sites for hydroxylation is 1. The van der Waals surface area contributed by atoms with Gasteiger partial charge in [-0.3, -0.25) is 24.1 Å². The molecule has 1 aromatic carbocycles. The predicted molar refractivity (Wildman–Crippen MR) is 259 cm³/mol. The van der Waals surface area contributed by atoms with Gasteiger partial charge >= 0.3 is 11.9 Å². The molecule has 0 spiro atoms. The van der Waals surface area contributed by atoms with Crippen molar-refractivity contribution in [2.24, 2.45) is 5.73 Å². The largest absolute Gasteiger partial charge is 0.480 e. The van der Waals surface area contributed by atoms with Gasteiger partial charge in [-0.15, -0.1) is 11.8 Å². The molecular formula is C46H73N9O12S. The van der Waals surface area contributed by atoms with E-state index in [1.165, 1.54) is 16.7 Å². The van der Waals surface area contributed by atoms with E-state index in [1.54, 1.807) is 0 Å². The van der Waals surface area contributed by atoms with E-state index in [1.807, 2.05) is 11.0 Å². The molecule has 2 atom stereocenters. The number of anilines is 2. The van der Waals surface area contributed by atoms with Crippen molar-refractivity contribution in [3.63, 3.8) is 0 Å². The number of amides is 2. The Hall–Kier alpha value is -4.65. The number of benzene rings is 1. The molecule has 0 bridgehead atoms. The molecule has 0 aliphatic carbocycles. The highest BCUT2D eigenvalue weighted by Gasteiger charge is 2.25. The minimum Gasteiger partial charge on any atom is -0.480 e. The highest BCUT2D eigenvalue weighted by Crippen LogP contribution is 2.25.